The van der Waals surface area contributed by atoms with Crippen LogP contribution in [-0.4, -0.2) is 43.0 Å². The average molecular weight is 252 g/mol. The Bertz CT molecular complexity index is 342. The van der Waals surface area contributed by atoms with Crippen molar-refractivity contribution in [2.24, 2.45) is 0 Å². The second-order valence-electron chi connectivity index (χ2n) is 3.48. The van der Waals surface area contributed by atoms with Crippen LogP contribution in [0, 0.1) is 0 Å². The third-order valence-electron chi connectivity index (χ3n) is 2.36. The number of carbonyl (C=O) groups is 1. The summed E-state index contributed by atoms with van der Waals surface area (Å²) in [5.74, 6) is -1.12. The highest BCUT2D eigenvalue weighted by Gasteiger charge is 2.36. The second-order valence-corrected chi connectivity index (χ2v) is 5.07. The third kappa shape index (κ3) is 3.14. The van der Waals surface area contributed by atoms with Gasteiger partial charge in [-0.05, 0) is 26.2 Å². The topological polar surface area (TPSA) is 95.9 Å². The summed E-state index contributed by atoms with van der Waals surface area (Å²) < 4.78 is 24.3. The van der Waals surface area contributed by atoms with Gasteiger partial charge in [0.05, 0.1) is 6.61 Å². The molecule has 1 heterocycles. The van der Waals surface area contributed by atoms with E-state index in [4.69, 9.17) is 5.11 Å². The molecule has 1 rings (SSSR count). The molecule has 0 aliphatic carbocycles. The summed E-state index contributed by atoms with van der Waals surface area (Å²) in [6.07, 6.45) is 1.72. The molecule has 1 saturated heterocycles. The molecule has 94 valence electrons. The number of carboxylic acid groups (broad SMARTS) is 1. The Morgan fingerprint density at radius 2 is 2.25 bits per heavy atom. The van der Waals surface area contributed by atoms with Crippen molar-refractivity contribution in [3.05, 3.63) is 0 Å². The van der Waals surface area contributed by atoms with Crippen molar-refractivity contribution >= 4 is 16.2 Å². The first kappa shape index (κ1) is 13.4. The second kappa shape index (κ2) is 5.58. The van der Waals surface area contributed by atoms with Gasteiger partial charge in [0.2, 0.25) is 0 Å². The molecule has 1 fully saturated rings. The zero-order valence-corrected chi connectivity index (χ0v) is 9.87. The van der Waals surface area contributed by atoms with Gasteiger partial charge >= 0.3 is 16.2 Å². The lowest BCUT2D eigenvalue weighted by Crippen LogP contribution is -2.52. The van der Waals surface area contributed by atoms with Crippen LogP contribution in [0.2, 0.25) is 0 Å². The van der Waals surface area contributed by atoms with E-state index in [2.05, 4.69) is 4.84 Å². The highest BCUT2D eigenvalue weighted by atomic mass is 32.2. The fraction of sp³-hybridized carbons (Fsp3) is 0.875. The van der Waals surface area contributed by atoms with Crippen molar-refractivity contribution < 1.29 is 23.2 Å². The number of carboxylic acids is 1. The molecular weight excluding hydrogens is 236 g/mol. The van der Waals surface area contributed by atoms with Crippen molar-refractivity contribution in [3.8, 4) is 0 Å². The van der Waals surface area contributed by atoms with Gasteiger partial charge in [-0.1, -0.05) is 4.89 Å². The van der Waals surface area contributed by atoms with Crippen molar-refractivity contribution in [3.63, 3.8) is 0 Å². The maximum absolute atomic E-state index is 11.7. The molecule has 0 spiro atoms. The van der Waals surface area contributed by atoms with Crippen LogP contribution in [0.3, 0.4) is 0 Å². The molecule has 0 amide bonds. The van der Waals surface area contributed by atoms with Crippen LogP contribution in [0.25, 0.3) is 0 Å². The Labute approximate surface area is 94.5 Å². The first-order valence-electron chi connectivity index (χ1n) is 5.12. The van der Waals surface area contributed by atoms with Gasteiger partial charge in [0.25, 0.3) is 0 Å². The van der Waals surface area contributed by atoms with Crippen molar-refractivity contribution in [1.29, 1.82) is 0 Å². The molecular formula is C8H16N2O5S. The minimum atomic E-state index is -3.86. The van der Waals surface area contributed by atoms with E-state index in [1.165, 1.54) is 0 Å². The van der Waals surface area contributed by atoms with E-state index >= 15 is 0 Å². The lowest BCUT2D eigenvalue weighted by Gasteiger charge is -2.31. The number of hydrogen-bond donors (Lipinski definition) is 2. The molecule has 16 heavy (non-hydrogen) atoms. The van der Waals surface area contributed by atoms with Crippen LogP contribution in [0.4, 0.5) is 0 Å². The molecule has 8 heteroatoms. The Morgan fingerprint density at radius 3 is 2.81 bits per heavy atom. The van der Waals surface area contributed by atoms with Gasteiger partial charge in [-0.3, -0.25) is 9.63 Å². The number of piperidine rings is 1. The molecule has 0 aromatic heterocycles. The fourth-order valence-corrected chi connectivity index (χ4v) is 2.88. The summed E-state index contributed by atoms with van der Waals surface area (Å²) in [5, 5.41) is 8.92. The Hall–Kier alpha value is -0.700. The van der Waals surface area contributed by atoms with Crippen LogP contribution in [-0.2, 0) is 19.8 Å². The van der Waals surface area contributed by atoms with Crippen LogP contribution >= 0.6 is 0 Å². The summed E-state index contributed by atoms with van der Waals surface area (Å²) in [5.41, 5.74) is 0. The monoisotopic (exact) mass is 252 g/mol. The highest BCUT2D eigenvalue weighted by Crippen LogP contribution is 2.19. The summed E-state index contributed by atoms with van der Waals surface area (Å²) in [7, 11) is -3.86. The van der Waals surface area contributed by atoms with E-state index in [1.807, 2.05) is 4.89 Å². The lowest BCUT2D eigenvalue weighted by atomic mass is 10.1. The molecule has 2 N–H and O–H groups in total. The SMILES string of the molecule is CCONS(=O)(=O)N1CCCCC1C(=O)O. The maximum atomic E-state index is 11.7. The van der Waals surface area contributed by atoms with Gasteiger partial charge in [-0.2, -0.15) is 12.7 Å². The zero-order valence-electron chi connectivity index (χ0n) is 9.05. The van der Waals surface area contributed by atoms with Gasteiger partial charge in [0.1, 0.15) is 6.04 Å². The van der Waals surface area contributed by atoms with E-state index in [-0.39, 0.29) is 13.2 Å². The molecule has 0 saturated carbocycles. The molecule has 1 aliphatic rings. The third-order valence-corrected chi connectivity index (χ3v) is 3.74. The van der Waals surface area contributed by atoms with Crippen LogP contribution in [0.1, 0.15) is 26.2 Å². The molecule has 1 unspecified atom stereocenters. The number of rotatable bonds is 5. The molecule has 0 bridgehead atoms. The average Bonchev–Trinajstić information content (AvgIpc) is 2.26. The van der Waals surface area contributed by atoms with Gasteiger partial charge in [0, 0.05) is 6.54 Å². The van der Waals surface area contributed by atoms with E-state index in [0.717, 1.165) is 10.7 Å². The first-order chi connectivity index (χ1) is 7.49. The minimum absolute atomic E-state index is 0.185. The van der Waals surface area contributed by atoms with Crippen LogP contribution in [0.15, 0.2) is 0 Å². The molecule has 0 aromatic carbocycles. The Balaban J connectivity index is 2.78. The lowest BCUT2D eigenvalue weighted by molar-refractivity contribution is -0.142. The number of aliphatic carboxylic acids is 1. The number of nitrogens with zero attached hydrogens (tertiary/aromatic N) is 1. The van der Waals surface area contributed by atoms with Gasteiger partial charge < -0.3 is 5.11 Å². The molecule has 0 aromatic rings. The quantitative estimate of drug-likeness (QED) is 0.655. The normalized spacial score (nSPS) is 23.2. The summed E-state index contributed by atoms with van der Waals surface area (Å²) in [4.78, 5) is 17.4. The van der Waals surface area contributed by atoms with Crippen molar-refractivity contribution in [2.75, 3.05) is 13.2 Å². The molecule has 1 atom stereocenters. The van der Waals surface area contributed by atoms with E-state index < -0.39 is 22.2 Å². The van der Waals surface area contributed by atoms with Gasteiger partial charge in [-0.15, -0.1) is 0 Å². The minimum Gasteiger partial charge on any atom is -0.480 e. The van der Waals surface area contributed by atoms with E-state index in [1.54, 1.807) is 6.92 Å². The number of hydrogen-bond acceptors (Lipinski definition) is 4. The highest BCUT2D eigenvalue weighted by molar-refractivity contribution is 7.87. The standard InChI is InChI=1S/C8H16N2O5S/c1-2-15-9-16(13,14)10-6-4-3-5-7(10)8(11)12/h7,9H,2-6H2,1H3,(H,11,12). The van der Waals surface area contributed by atoms with E-state index in [0.29, 0.717) is 12.8 Å². The van der Waals surface area contributed by atoms with Crippen molar-refractivity contribution in [1.82, 2.24) is 9.19 Å². The van der Waals surface area contributed by atoms with Crippen molar-refractivity contribution in [2.45, 2.75) is 32.2 Å². The fourth-order valence-electron chi connectivity index (χ4n) is 1.62. The molecule has 7 nitrogen and oxygen atoms in total. The number of nitrogens with one attached hydrogen (secondary N) is 1. The van der Waals surface area contributed by atoms with Crippen LogP contribution < -0.4 is 4.89 Å². The zero-order chi connectivity index (χ0) is 12.2. The maximum Gasteiger partial charge on any atom is 0.322 e. The van der Waals surface area contributed by atoms with Gasteiger partial charge in [-0.25, -0.2) is 0 Å². The Kier molecular flexibility index (Phi) is 4.66. The summed E-state index contributed by atoms with van der Waals surface area (Å²) >= 11 is 0. The smallest absolute Gasteiger partial charge is 0.322 e. The summed E-state index contributed by atoms with van der Waals surface area (Å²) in [6, 6.07) is -0.994. The molecule has 0 radical (unpaired) electrons. The van der Waals surface area contributed by atoms with E-state index in [9.17, 15) is 13.2 Å². The Morgan fingerprint density at radius 1 is 1.56 bits per heavy atom. The predicted octanol–water partition coefficient (Wildman–Crippen LogP) is -0.289. The predicted molar refractivity (Wildman–Crippen MR) is 55.7 cm³/mol. The van der Waals surface area contributed by atoms with Gasteiger partial charge in [0.15, 0.2) is 0 Å². The largest absolute Gasteiger partial charge is 0.480 e. The summed E-state index contributed by atoms with van der Waals surface area (Å²) in [6.45, 7) is 2.03. The van der Waals surface area contributed by atoms with Crippen LogP contribution in [0.5, 0.6) is 0 Å². The first-order valence-corrected chi connectivity index (χ1v) is 6.56. The molecule has 1 aliphatic heterocycles.